The van der Waals surface area contributed by atoms with Crippen molar-refractivity contribution in [1.82, 2.24) is 4.98 Å². The summed E-state index contributed by atoms with van der Waals surface area (Å²) >= 11 is 0. The highest BCUT2D eigenvalue weighted by molar-refractivity contribution is 5.98. The molecule has 0 bridgehead atoms. The monoisotopic (exact) mass is 238 g/mol. The number of rotatable bonds is 6. The number of amides is 1. The number of anilines is 2. The first kappa shape index (κ1) is 13.2. The van der Waals surface area contributed by atoms with Gasteiger partial charge in [0.05, 0.1) is 17.4 Å². The van der Waals surface area contributed by atoms with Crippen LogP contribution < -0.4 is 16.8 Å². The van der Waals surface area contributed by atoms with E-state index in [1.54, 1.807) is 7.11 Å². The van der Waals surface area contributed by atoms with Crippen molar-refractivity contribution in [3.8, 4) is 0 Å². The van der Waals surface area contributed by atoms with Gasteiger partial charge in [-0.2, -0.15) is 0 Å². The van der Waals surface area contributed by atoms with Gasteiger partial charge in [0.15, 0.2) is 0 Å². The van der Waals surface area contributed by atoms with Gasteiger partial charge in [0.1, 0.15) is 5.82 Å². The molecule has 5 N–H and O–H groups in total. The highest BCUT2D eigenvalue weighted by Gasteiger charge is 2.12. The van der Waals surface area contributed by atoms with Gasteiger partial charge in [-0.15, -0.1) is 0 Å². The molecule has 1 aromatic heterocycles. The number of carbonyl (C=O) groups excluding carboxylic acids is 1. The van der Waals surface area contributed by atoms with Crippen LogP contribution in [0.4, 0.5) is 11.5 Å². The number of nitrogens with two attached hydrogens (primary N) is 2. The molecule has 0 radical (unpaired) electrons. The molecule has 0 aliphatic rings. The molecule has 17 heavy (non-hydrogen) atoms. The number of hydrogen-bond acceptors (Lipinski definition) is 5. The lowest BCUT2D eigenvalue weighted by Gasteiger charge is -2.16. The van der Waals surface area contributed by atoms with E-state index in [-0.39, 0.29) is 6.04 Å². The number of hydrogen-bond donors (Lipinski definition) is 3. The van der Waals surface area contributed by atoms with Gasteiger partial charge in [0.25, 0.3) is 5.91 Å². The van der Waals surface area contributed by atoms with Crippen LogP contribution in [0.5, 0.6) is 0 Å². The van der Waals surface area contributed by atoms with Crippen LogP contribution in [0, 0.1) is 0 Å². The molecule has 0 spiro atoms. The number of nitrogens with zero attached hydrogens (tertiary/aromatic N) is 1. The highest BCUT2D eigenvalue weighted by atomic mass is 16.5. The summed E-state index contributed by atoms with van der Waals surface area (Å²) in [6, 6.07) is 1.64. The lowest BCUT2D eigenvalue weighted by molar-refractivity contribution is 0.100. The second-order valence-electron chi connectivity index (χ2n) is 3.86. The minimum atomic E-state index is -0.550. The molecule has 1 heterocycles. The highest BCUT2D eigenvalue weighted by Crippen LogP contribution is 2.16. The molecule has 0 saturated carbocycles. The van der Waals surface area contributed by atoms with Crippen LogP contribution in [0.1, 0.15) is 23.7 Å². The summed E-state index contributed by atoms with van der Waals surface area (Å²) in [5.74, 6) is -0.0958. The lowest BCUT2D eigenvalue weighted by Crippen LogP contribution is -2.22. The van der Waals surface area contributed by atoms with Crippen LogP contribution in [0.2, 0.25) is 0 Å². The summed E-state index contributed by atoms with van der Waals surface area (Å²) in [5, 5.41) is 3.11. The Hall–Kier alpha value is -1.82. The summed E-state index contributed by atoms with van der Waals surface area (Å²) in [4.78, 5) is 15.3. The van der Waals surface area contributed by atoms with Crippen LogP contribution in [0.25, 0.3) is 0 Å². The summed E-state index contributed by atoms with van der Waals surface area (Å²) in [7, 11) is 1.64. The van der Waals surface area contributed by atoms with Crippen molar-refractivity contribution < 1.29 is 9.53 Å². The first-order valence-corrected chi connectivity index (χ1v) is 5.35. The molecule has 0 aromatic carbocycles. The van der Waals surface area contributed by atoms with Crippen molar-refractivity contribution in [2.45, 2.75) is 19.4 Å². The lowest BCUT2D eigenvalue weighted by atomic mass is 10.2. The summed E-state index contributed by atoms with van der Waals surface area (Å²) in [6.45, 7) is 2.61. The van der Waals surface area contributed by atoms with Crippen molar-refractivity contribution in [2.24, 2.45) is 5.73 Å². The second kappa shape index (κ2) is 6.05. The van der Waals surface area contributed by atoms with Gasteiger partial charge in [-0.05, 0) is 19.4 Å². The third-order valence-electron chi connectivity index (χ3n) is 2.31. The van der Waals surface area contributed by atoms with E-state index in [0.29, 0.717) is 23.7 Å². The maximum atomic E-state index is 11.2. The third-order valence-corrected chi connectivity index (χ3v) is 2.31. The third kappa shape index (κ3) is 3.92. The summed E-state index contributed by atoms with van der Waals surface area (Å²) in [6.07, 6.45) is 2.29. The van der Waals surface area contributed by atoms with Crippen LogP contribution in [-0.2, 0) is 4.74 Å². The SMILES string of the molecule is COCCC(C)Nc1ncc(N)cc1C(N)=O. The van der Waals surface area contributed by atoms with E-state index >= 15 is 0 Å². The maximum Gasteiger partial charge on any atom is 0.252 e. The molecule has 94 valence electrons. The normalized spacial score (nSPS) is 12.1. The Morgan fingerprint density at radius 2 is 2.35 bits per heavy atom. The zero-order valence-corrected chi connectivity index (χ0v) is 10.1. The first-order chi connectivity index (χ1) is 8.04. The Balaban J connectivity index is 2.79. The van der Waals surface area contributed by atoms with Crippen molar-refractivity contribution in [3.05, 3.63) is 17.8 Å². The van der Waals surface area contributed by atoms with Crippen molar-refractivity contribution in [2.75, 3.05) is 24.8 Å². The number of primary amides is 1. The number of nitrogen functional groups attached to an aromatic ring is 1. The minimum Gasteiger partial charge on any atom is -0.397 e. The van der Waals surface area contributed by atoms with Crippen LogP contribution in [0.15, 0.2) is 12.3 Å². The van der Waals surface area contributed by atoms with Gasteiger partial charge in [0, 0.05) is 19.8 Å². The molecular formula is C11H18N4O2. The first-order valence-electron chi connectivity index (χ1n) is 5.35. The molecule has 0 saturated heterocycles. The van der Waals surface area contributed by atoms with E-state index in [4.69, 9.17) is 16.2 Å². The molecule has 0 aliphatic heterocycles. The van der Waals surface area contributed by atoms with Crippen LogP contribution >= 0.6 is 0 Å². The fraction of sp³-hybridized carbons (Fsp3) is 0.455. The smallest absolute Gasteiger partial charge is 0.252 e. The molecule has 1 amide bonds. The van der Waals surface area contributed by atoms with E-state index in [1.807, 2.05) is 6.92 Å². The Bertz CT molecular complexity index is 395. The van der Waals surface area contributed by atoms with Gasteiger partial charge >= 0.3 is 0 Å². The maximum absolute atomic E-state index is 11.2. The van der Waals surface area contributed by atoms with E-state index in [1.165, 1.54) is 12.3 Å². The largest absolute Gasteiger partial charge is 0.397 e. The quantitative estimate of drug-likeness (QED) is 0.673. The average Bonchev–Trinajstić information content (AvgIpc) is 2.28. The number of nitrogens with one attached hydrogen (secondary N) is 1. The molecule has 1 atom stereocenters. The van der Waals surface area contributed by atoms with Gasteiger partial charge in [0.2, 0.25) is 0 Å². The van der Waals surface area contributed by atoms with E-state index < -0.39 is 5.91 Å². The fourth-order valence-electron chi connectivity index (χ4n) is 1.38. The molecule has 1 unspecified atom stereocenters. The zero-order chi connectivity index (χ0) is 12.8. The molecular weight excluding hydrogens is 220 g/mol. The Kier molecular flexibility index (Phi) is 4.71. The predicted molar refractivity (Wildman–Crippen MR) is 66.7 cm³/mol. The van der Waals surface area contributed by atoms with E-state index in [9.17, 15) is 4.79 Å². The fourth-order valence-corrected chi connectivity index (χ4v) is 1.38. The summed E-state index contributed by atoms with van der Waals surface area (Å²) < 4.78 is 4.97. The Labute approximate surface area is 100 Å². The zero-order valence-electron chi connectivity index (χ0n) is 10.1. The topological polar surface area (TPSA) is 103 Å². The molecule has 0 fully saturated rings. The second-order valence-corrected chi connectivity index (χ2v) is 3.86. The van der Waals surface area contributed by atoms with Gasteiger partial charge in [-0.1, -0.05) is 0 Å². The molecule has 0 aliphatic carbocycles. The Morgan fingerprint density at radius 1 is 1.65 bits per heavy atom. The average molecular weight is 238 g/mol. The molecule has 6 nitrogen and oxygen atoms in total. The number of carbonyl (C=O) groups is 1. The number of ether oxygens (including phenoxy) is 1. The van der Waals surface area contributed by atoms with E-state index in [0.717, 1.165) is 6.42 Å². The standard InChI is InChI=1S/C11H18N4O2/c1-7(3-4-17-2)15-11-9(10(13)16)5-8(12)6-14-11/h5-7H,3-4,12H2,1-2H3,(H2,13,16)(H,14,15). The number of pyridine rings is 1. The predicted octanol–water partition coefficient (Wildman–Crippen LogP) is 0.600. The van der Waals surface area contributed by atoms with Crippen molar-refractivity contribution in [3.63, 3.8) is 0 Å². The molecule has 1 aromatic rings. The summed E-state index contributed by atoms with van der Waals surface area (Å²) in [5.41, 5.74) is 11.5. The van der Waals surface area contributed by atoms with E-state index in [2.05, 4.69) is 10.3 Å². The van der Waals surface area contributed by atoms with Crippen molar-refractivity contribution in [1.29, 1.82) is 0 Å². The van der Waals surface area contributed by atoms with Gasteiger partial charge in [-0.25, -0.2) is 4.98 Å². The Morgan fingerprint density at radius 3 is 2.94 bits per heavy atom. The number of aromatic nitrogens is 1. The van der Waals surface area contributed by atoms with Crippen molar-refractivity contribution >= 4 is 17.4 Å². The minimum absolute atomic E-state index is 0.129. The number of methoxy groups -OCH3 is 1. The van der Waals surface area contributed by atoms with Crippen LogP contribution in [0.3, 0.4) is 0 Å². The molecule has 6 heteroatoms. The van der Waals surface area contributed by atoms with Crippen LogP contribution in [-0.4, -0.2) is 30.6 Å². The van der Waals surface area contributed by atoms with Gasteiger partial charge in [-0.3, -0.25) is 4.79 Å². The molecule has 1 rings (SSSR count). The van der Waals surface area contributed by atoms with Gasteiger partial charge < -0.3 is 21.5 Å².